The van der Waals surface area contributed by atoms with E-state index in [0.717, 1.165) is 18.2 Å². The second-order valence-corrected chi connectivity index (χ2v) is 6.00. The van der Waals surface area contributed by atoms with Crippen molar-refractivity contribution in [1.29, 1.82) is 0 Å². The highest BCUT2D eigenvalue weighted by molar-refractivity contribution is 7.89. The fourth-order valence-electron chi connectivity index (χ4n) is 1.64. The van der Waals surface area contributed by atoms with E-state index >= 15 is 0 Å². The average Bonchev–Trinajstić information content (AvgIpc) is 2.42. The second kappa shape index (κ2) is 5.74. The van der Waals surface area contributed by atoms with Crippen LogP contribution in [-0.2, 0) is 16.6 Å². The van der Waals surface area contributed by atoms with Gasteiger partial charge in [-0.25, -0.2) is 26.3 Å². The zero-order chi connectivity index (χ0) is 15.6. The summed E-state index contributed by atoms with van der Waals surface area (Å²) < 4.78 is 65.5. The molecule has 2 rings (SSSR count). The lowest BCUT2D eigenvalue weighted by Gasteiger charge is -2.09. The maximum Gasteiger partial charge on any atom is 0.243 e. The van der Waals surface area contributed by atoms with E-state index in [1.807, 2.05) is 0 Å². The Balaban J connectivity index is 2.25. The number of hydrogen-bond donors (Lipinski definition) is 2. The molecule has 4 nitrogen and oxygen atoms in total. The highest BCUT2D eigenvalue weighted by atomic mass is 32.2. The maximum absolute atomic E-state index is 13.6. The van der Waals surface area contributed by atoms with Crippen molar-refractivity contribution < 1.29 is 21.6 Å². The summed E-state index contributed by atoms with van der Waals surface area (Å²) in [6.45, 7) is -0.196. The van der Waals surface area contributed by atoms with Crippen LogP contribution in [0, 0.1) is 17.5 Å². The summed E-state index contributed by atoms with van der Waals surface area (Å²) >= 11 is 0. The Bertz CT molecular complexity index is 762. The van der Waals surface area contributed by atoms with E-state index in [1.54, 1.807) is 0 Å². The molecule has 0 amide bonds. The molecule has 0 aromatic heterocycles. The number of benzene rings is 2. The van der Waals surface area contributed by atoms with Gasteiger partial charge in [0.1, 0.15) is 10.7 Å². The predicted octanol–water partition coefficient (Wildman–Crippen LogP) is 2.16. The molecule has 0 radical (unpaired) electrons. The van der Waals surface area contributed by atoms with Crippen LogP contribution in [0.4, 0.5) is 18.9 Å². The zero-order valence-corrected chi connectivity index (χ0v) is 11.4. The Labute approximate surface area is 119 Å². The molecule has 0 spiro atoms. The molecule has 2 aromatic carbocycles. The summed E-state index contributed by atoms with van der Waals surface area (Å²) in [5.41, 5.74) is 5.56. The third-order valence-electron chi connectivity index (χ3n) is 2.69. The van der Waals surface area contributed by atoms with Gasteiger partial charge in [0.05, 0.1) is 0 Å². The Morgan fingerprint density at radius 2 is 1.67 bits per heavy atom. The number of sulfonamides is 1. The Morgan fingerprint density at radius 3 is 2.29 bits per heavy atom. The minimum Gasteiger partial charge on any atom is -0.399 e. The van der Waals surface area contributed by atoms with Crippen molar-refractivity contribution in [3.05, 3.63) is 59.4 Å². The van der Waals surface area contributed by atoms with Gasteiger partial charge in [0.25, 0.3) is 0 Å². The Morgan fingerprint density at radius 1 is 1.05 bits per heavy atom. The first-order chi connectivity index (χ1) is 9.79. The summed E-state index contributed by atoms with van der Waals surface area (Å²) in [4.78, 5) is -0.873. The first-order valence-corrected chi connectivity index (χ1v) is 7.26. The molecule has 0 bridgehead atoms. The summed E-state index contributed by atoms with van der Waals surface area (Å²) in [5, 5.41) is 0. The molecule has 0 atom stereocenters. The number of anilines is 1. The highest BCUT2D eigenvalue weighted by Crippen LogP contribution is 2.21. The van der Waals surface area contributed by atoms with Crippen molar-refractivity contribution in [3.8, 4) is 0 Å². The number of hydrogen-bond acceptors (Lipinski definition) is 3. The fraction of sp³-hybridized carbons (Fsp3) is 0.0769. The second-order valence-electron chi connectivity index (χ2n) is 4.27. The van der Waals surface area contributed by atoms with Gasteiger partial charge in [-0.1, -0.05) is 12.1 Å². The van der Waals surface area contributed by atoms with Gasteiger partial charge in [-0.3, -0.25) is 0 Å². The number of rotatable bonds is 4. The van der Waals surface area contributed by atoms with Crippen LogP contribution < -0.4 is 10.5 Å². The van der Waals surface area contributed by atoms with Crippen molar-refractivity contribution in [2.75, 3.05) is 5.73 Å². The van der Waals surface area contributed by atoms with Gasteiger partial charge < -0.3 is 5.73 Å². The van der Waals surface area contributed by atoms with Crippen molar-refractivity contribution in [1.82, 2.24) is 4.72 Å². The van der Waals surface area contributed by atoms with Gasteiger partial charge in [-0.15, -0.1) is 0 Å². The minimum atomic E-state index is -4.28. The van der Waals surface area contributed by atoms with Crippen LogP contribution in [-0.4, -0.2) is 8.42 Å². The van der Waals surface area contributed by atoms with Gasteiger partial charge >= 0.3 is 0 Å². The largest absolute Gasteiger partial charge is 0.399 e. The van der Waals surface area contributed by atoms with Crippen molar-refractivity contribution >= 4 is 15.7 Å². The third-order valence-corrected chi connectivity index (χ3v) is 4.09. The molecule has 0 aliphatic rings. The average molecular weight is 316 g/mol. The van der Waals surface area contributed by atoms with Crippen molar-refractivity contribution in [3.63, 3.8) is 0 Å². The molecule has 3 N–H and O–H groups in total. The summed E-state index contributed by atoms with van der Waals surface area (Å²) in [5.74, 6) is -3.32. The molecular weight excluding hydrogens is 305 g/mol. The van der Waals surface area contributed by atoms with Crippen LogP contribution in [0.5, 0.6) is 0 Å². The topological polar surface area (TPSA) is 72.2 Å². The molecule has 0 heterocycles. The first-order valence-electron chi connectivity index (χ1n) is 5.78. The summed E-state index contributed by atoms with van der Waals surface area (Å²) in [6.07, 6.45) is 0. The van der Waals surface area contributed by atoms with E-state index in [1.165, 1.54) is 12.1 Å². The van der Waals surface area contributed by atoms with Crippen LogP contribution in [0.2, 0.25) is 0 Å². The molecule has 0 aliphatic heterocycles. The lowest BCUT2D eigenvalue weighted by atomic mass is 10.2. The van der Waals surface area contributed by atoms with Crippen molar-refractivity contribution in [2.45, 2.75) is 11.4 Å². The van der Waals surface area contributed by atoms with Gasteiger partial charge in [-0.05, 0) is 29.8 Å². The van der Waals surface area contributed by atoms with Gasteiger partial charge in [-0.2, -0.15) is 0 Å². The van der Waals surface area contributed by atoms with Crippen LogP contribution in [0.1, 0.15) is 5.56 Å². The van der Waals surface area contributed by atoms with Crippen LogP contribution in [0.3, 0.4) is 0 Å². The van der Waals surface area contributed by atoms with Gasteiger partial charge in [0.15, 0.2) is 11.6 Å². The summed E-state index contributed by atoms with van der Waals surface area (Å²) in [6, 6.07) is 6.57. The van der Waals surface area contributed by atoms with E-state index in [0.29, 0.717) is 11.6 Å². The zero-order valence-electron chi connectivity index (χ0n) is 10.6. The number of nitrogens with two attached hydrogens (primary N) is 1. The molecule has 8 heteroatoms. The predicted molar refractivity (Wildman–Crippen MR) is 71.2 cm³/mol. The molecule has 0 fully saturated rings. The number of halogens is 3. The Hall–Kier alpha value is -2.06. The molecule has 0 aliphatic carbocycles. The smallest absolute Gasteiger partial charge is 0.243 e. The van der Waals surface area contributed by atoms with Crippen LogP contribution in [0.15, 0.2) is 41.3 Å². The van der Waals surface area contributed by atoms with Gasteiger partial charge in [0, 0.05) is 12.2 Å². The normalized spacial score (nSPS) is 11.6. The third kappa shape index (κ3) is 3.53. The number of nitrogens with one attached hydrogen (secondary N) is 1. The monoisotopic (exact) mass is 316 g/mol. The molecule has 0 saturated heterocycles. The maximum atomic E-state index is 13.6. The van der Waals surface area contributed by atoms with Crippen LogP contribution >= 0.6 is 0 Å². The fourth-order valence-corrected chi connectivity index (χ4v) is 2.77. The quantitative estimate of drug-likeness (QED) is 0.849. The SMILES string of the molecule is Nc1cc(F)c(F)c(S(=O)(=O)NCc2ccc(F)cc2)c1. The first kappa shape index (κ1) is 15.3. The molecular formula is C13H11F3N2O2S. The summed E-state index contributed by atoms with van der Waals surface area (Å²) in [7, 11) is -4.28. The van der Waals surface area contributed by atoms with E-state index < -0.39 is 32.4 Å². The molecule has 2 aromatic rings. The van der Waals surface area contributed by atoms with Gasteiger partial charge in [0.2, 0.25) is 10.0 Å². The van der Waals surface area contributed by atoms with E-state index in [9.17, 15) is 21.6 Å². The lowest BCUT2D eigenvalue weighted by Crippen LogP contribution is -2.24. The van der Waals surface area contributed by atoms with E-state index in [4.69, 9.17) is 5.73 Å². The van der Waals surface area contributed by atoms with E-state index in [-0.39, 0.29) is 12.2 Å². The van der Waals surface area contributed by atoms with E-state index in [2.05, 4.69) is 4.72 Å². The molecule has 112 valence electrons. The molecule has 21 heavy (non-hydrogen) atoms. The Kier molecular flexibility index (Phi) is 4.19. The standard InChI is InChI=1S/C13H11F3N2O2S/c14-9-3-1-8(2-4-9)7-18-21(19,20)12-6-10(17)5-11(15)13(12)16/h1-6,18H,7,17H2. The highest BCUT2D eigenvalue weighted by Gasteiger charge is 2.22. The van der Waals surface area contributed by atoms with Crippen molar-refractivity contribution in [2.24, 2.45) is 0 Å². The minimum absolute atomic E-state index is 0.196. The lowest BCUT2D eigenvalue weighted by molar-refractivity contribution is 0.484. The molecule has 0 saturated carbocycles. The number of nitrogen functional groups attached to an aromatic ring is 1. The molecule has 0 unspecified atom stereocenters. The van der Waals surface area contributed by atoms with Crippen LogP contribution in [0.25, 0.3) is 0 Å².